The molecule has 2 saturated heterocycles. The molecule has 2 aromatic carbocycles. The fourth-order valence-electron chi connectivity index (χ4n) is 4.92. The number of aromatic nitrogens is 2. The van der Waals surface area contributed by atoms with Crippen LogP contribution >= 0.6 is 0 Å². The molecule has 3 heterocycles. The Morgan fingerprint density at radius 1 is 0.914 bits per heavy atom. The molecule has 8 heteroatoms. The van der Waals surface area contributed by atoms with E-state index in [9.17, 15) is 14.0 Å². The first kappa shape index (κ1) is 23.0. The van der Waals surface area contributed by atoms with Gasteiger partial charge in [-0.3, -0.25) is 9.59 Å². The fraction of sp³-hybridized carbons (Fsp3) is 0.333. The lowest BCUT2D eigenvalue weighted by Gasteiger charge is -2.32. The monoisotopic (exact) mass is 473 g/mol. The molecule has 3 aromatic rings. The zero-order valence-electron chi connectivity index (χ0n) is 19.4. The van der Waals surface area contributed by atoms with Crippen molar-refractivity contribution in [3.05, 3.63) is 83.8 Å². The van der Waals surface area contributed by atoms with Crippen molar-refractivity contribution in [2.24, 2.45) is 5.92 Å². The van der Waals surface area contributed by atoms with E-state index in [1.807, 2.05) is 29.2 Å². The number of benzene rings is 2. The van der Waals surface area contributed by atoms with Gasteiger partial charge in [-0.2, -0.15) is 5.10 Å². The molecule has 35 heavy (non-hydrogen) atoms. The number of amides is 2. The van der Waals surface area contributed by atoms with E-state index in [4.69, 9.17) is 0 Å². The summed E-state index contributed by atoms with van der Waals surface area (Å²) >= 11 is 0. The number of hydrogen-bond donors (Lipinski definition) is 1. The molecule has 180 valence electrons. The minimum Gasteiger partial charge on any atom is -0.354 e. The second kappa shape index (κ2) is 10.2. The molecular formula is C27H28FN5O2. The number of piperidine rings is 1. The highest BCUT2D eigenvalue weighted by Gasteiger charge is 2.29. The summed E-state index contributed by atoms with van der Waals surface area (Å²) in [5.74, 6) is 0.722. The van der Waals surface area contributed by atoms with E-state index in [1.165, 1.54) is 29.8 Å². The van der Waals surface area contributed by atoms with Crippen LogP contribution in [0.4, 0.5) is 15.9 Å². The average Bonchev–Trinajstić information content (AvgIpc) is 3.41. The fourth-order valence-corrected chi connectivity index (χ4v) is 4.92. The van der Waals surface area contributed by atoms with Gasteiger partial charge in [0.25, 0.3) is 5.91 Å². The van der Waals surface area contributed by atoms with Gasteiger partial charge < -0.3 is 15.1 Å². The molecule has 0 radical (unpaired) electrons. The van der Waals surface area contributed by atoms with E-state index >= 15 is 0 Å². The van der Waals surface area contributed by atoms with Crippen LogP contribution in [0.3, 0.4) is 0 Å². The Kier molecular flexibility index (Phi) is 6.70. The molecule has 1 N–H and O–H groups in total. The normalized spacial score (nSPS) is 18.5. The first-order valence-corrected chi connectivity index (χ1v) is 12.0. The maximum absolute atomic E-state index is 13.1. The topological polar surface area (TPSA) is 78.4 Å². The summed E-state index contributed by atoms with van der Waals surface area (Å²) < 4.78 is 13.1. The first-order chi connectivity index (χ1) is 17.1. The van der Waals surface area contributed by atoms with Crippen molar-refractivity contribution >= 4 is 23.3 Å². The third kappa shape index (κ3) is 5.31. The Balaban J connectivity index is 1.12. The van der Waals surface area contributed by atoms with Crippen LogP contribution in [-0.4, -0.2) is 53.1 Å². The molecular weight excluding hydrogens is 445 g/mol. The molecule has 2 aliphatic rings. The lowest BCUT2D eigenvalue weighted by atomic mass is 9.89. The number of carbonyl (C=O) groups is 2. The standard InChI is InChI=1S/C27H28FN5O2/c28-23-7-3-21(4-8-23)27(35)32-15-11-20(12-16-32)19-5-9-24(10-6-19)30-26(34)22-13-17-33(18-22)25-2-1-14-29-31-25/h1-10,14,20,22H,11-13,15-18H2,(H,30,34)/t22-/m0/s1. The van der Waals surface area contributed by atoms with Crippen LogP contribution in [-0.2, 0) is 4.79 Å². The minimum absolute atomic E-state index is 0.0248. The number of carbonyl (C=O) groups excluding carboxylic acids is 2. The molecule has 0 saturated carbocycles. The number of rotatable bonds is 5. The van der Waals surface area contributed by atoms with Crippen molar-refractivity contribution in [3.63, 3.8) is 0 Å². The molecule has 2 amide bonds. The van der Waals surface area contributed by atoms with Crippen LogP contribution in [0.2, 0.25) is 0 Å². The summed E-state index contributed by atoms with van der Waals surface area (Å²) in [6, 6.07) is 17.5. The second-order valence-electron chi connectivity index (χ2n) is 9.20. The van der Waals surface area contributed by atoms with Crippen LogP contribution in [0, 0.1) is 11.7 Å². The van der Waals surface area contributed by atoms with Gasteiger partial charge in [0, 0.05) is 43.6 Å². The van der Waals surface area contributed by atoms with Gasteiger partial charge in [0.1, 0.15) is 5.82 Å². The highest BCUT2D eigenvalue weighted by atomic mass is 19.1. The van der Waals surface area contributed by atoms with Gasteiger partial charge in [0.05, 0.1) is 5.92 Å². The van der Waals surface area contributed by atoms with Crippen LogP contribution < -0.4 is 10.2 Å². The number of anilines is 2. The van der Waals surface area contributed by atoms with Gasteiger partial charge in [-0.05, 0) is 79.3 Å². The first-order valence-electron chi connectivity index (χ1n) is 12.0. The Labute approximate surface area is 204 Å². The van der Waals surface area contributed by atoms with Crippen molar-refractivity contribution in [3.8, 4) is 0 Å². The Morgan fingerprint density at radius 3 is 2.34 bits per heavy atom. The van der Waals surface area contributed by atoms with Gasteiger partial charge in [0.2, 0.25) is 5.91 Å². The molecule has 7 nitrogen and oxygen atoms in total. The summed E-state index contributed by atoms with van der Waals surface area (Å²) in [4.78, 5) is 29.4. The third-order valence-electron chi connectivity index (χ3n) is 6.96. The number of nitrogens with zero attached hydrogens (tertiary/aromatic N) is 4. The molecule has 2 aliphatic heterocycles. The van der Waals surface area contributed by atoms with Gasteiger partial charge in [-0.25, -0.2) is 4.39 Å². The molecule has 0 unspecified atom stereocenters. The summed E-state index contributed by atoms with van der Waals surface area (Å²) in [7, 11) is 0. The lowest BCUT2D eigenvalue weighted by Crippen LogP contribution is -2.37. The quantitative estimate of drug-likeness (QED) is 0.604. The Morgan fingerprint density at radius 2 is 1.66 bits per heavy atom. The van der Waals surface area contributed by atoms with E-state index in [1.54, 1.807) is 6.20 Å². The van der Waals surface area contributed by atoms with Crippen molar-refractivity contribution in [2.45, 2.75) is 25.2 Å². The predicted molar refractivity (Wildman–Crippen MR) is 132 cm³/mol. The average molecular weight is 474 g/mol. The van der Waals surface area contributed by atoms with Crippen molar-refractivity contribution in [2.75, 3.05) is 36.4 Å². The zero-order valence-corrected chi connectivity index (χ0v) is 19.4. The largest absolute Gasteiger partial charge is 0.354 e. The van der Waals surface area contributed by atoms with Crippen LogP contribution in [0.25, 0.3) is 0 Å². The molecule has 0 bridgehead atoms. The molecule has 1 atom stereocenters. The zero-order chi connectivity index (χ0) is 24.2. The minimum atomic E-state index is -0.341. The van der Waals surface area contributed by atoms with Crippen molar-refractivity contribution in [1.82, 2.24) is 15.1 Å². The van der Waals surface area contributed by atoms with E-state index in [0.717, 1.165) is 37.3 Å². The van der Waals surface area contributed by atoms with Gasteiger partial charge in [-0.15, -0.1) is 5.10 Å². The predicted octanol–water partition coefficient (Wildman–Crippen LogP) is 4.10. The highest BCUT2D eigenvalue weighted by Crippen LogP contribution is 2.30. The second-order valence-corrected chi connectivity index (χ2v) is 9.20. The summed E-state index contributed by atoms with van der Waals surface area (Å²) in [6.07, 6.45) is 4.18. The smallest absolute Gasteiger partial charge is 0.253 e. The Hall–Kier alpha value is -3.81. The number of nitrogens with one attached hydrogen (secondary N) is 1. The van der Waals surface area contributed by atoms with Crippen LogP contribution in [0.15, 0.2) is 66.9 Å². The molecule has 2 fully saturated rings. The maximum atomic E-state index is 13.1. The van der Waals surface area contributed by atoms with Gasteiger partial charge in [-0.1, -0.05) is 12.1 Å². The number of likely N-dealkylation sites (tertiary alicyclic amines) is 1. The SMILES string of the molecule is O=C(Nc1ccc(C2CCN(C(=O)c3ccc(F)cc3)CC2)cc1)[C@H]1CCN(c2cccnn2)C1. The maximum Gasteiger partial charge on any atom is 0.253 e. The summed E-state index contributed by atoms with van der Waals surface area (Å²) in [6.45, 7) is 2.77. The lowest BCUT2D eigenvalue weighted by molar-refractivity contribution is -0.119. The summed E-state index contributed by atoms with van der Waals surface area (Å²) in [5.41, 5.74) is 2.53. The summed E-state index contributed by atoms with van der Waals surface area (Å²) in [5, 5.41) is 11.1. The molecule has 0 aliphatic carbocycles. The number of halogens is 1. The third-order valence-corrected chi connectivity index (χ3v) is 6.96. The van der Waals surface area contributed by atoms with Gasteiger partial charge in [0.15, 0.2) is 5.82 Å². The van der Waals surface area contributed by atoms with E-state index in [0.29, 0.717) is 31.1 Å². The van der Waals surface area contributed by atoms with Crippen LogP contribution in [0.1, 0.15) is 41.1 Å². The van der Waals surface area contributed by atoms with E-state index < -0.39 is 0 Å². The van der Waals surface area contributed by atoms with Crippen molar-refractivity contribution < 1.29 is 14.0 Å². The molecule has 1 aromatic heterocycles. The number of hydrogen-bond acceptors (Lipinski definition) is 5. The Bertz CT molecular complexity index is 1160. The van der Waals surface area contributed by atoms with E-state index in [-0.39, 0.29) is 23.5 Å². The van der Waals surface area contributed by atoms with Crippen LogP contribution in [0.5, 0.6) is 0 Å². The van der Waals surface area contributed by atoms with E-state index in [2.05, 4.69) is 32.5 Å². The molecule has 0 spiro atoms. The van der Waals surface area contributed by atoms with Gasteiger partial charge >= 0.3 is 0 Å². The van der Waals surface area contributed by atoms with Crippen molar-refractivity contribution in [1.29, 1.82) is 0 Å². The molecule has 5 rings (SSSR count). The highest BCUT2D eigenvalue weighted by molar-refractivity contribution is 5.94.